The Morgan fingerprint density at radius 2 is 1.93 bits per heavy atom. The van der Waals surface area contributed by atoms with E-state index in [2.05, 4.69) is 6.58 Å². The predicted molar refractivity (Wildman–Crippen MR) is 56.4 cm³/mol. The molecule has 0 radical (unpaired) electrons. The molecule has 1 fully saturated rings. The van der Waals surface area contributed by atoms with Crippen LogP contribution in [0.15, 0.2) is 12.7 Å². The molecule has 1 saturated carbocycles. The maximum Gasteiger partial charge on any atom is 0.394 e. The SMILES string of the molecule is C=CCN(C(=O)C(=O)O)C1CCCCC1. The molecule has 0 aromatic rings. The summed E-state index contributed by atoms with van der Waals surface area (Å²) in [6.07, 6.45) is 6.73. The third-order valence-corrected chi connectivity index (χ3v) is 2.79. The molecule has 1 aliphatic rings. The van der Waals surface area contributed by atoms with Crippen LogP contribution in [0.2, 0.25) is 0 Å². The number of carbonyl (C=O) groups is 2. The molecule has 1 aliphatic carbocycles. The van der Waals surface area contributed by atoms with Gasteiger partial charge in [-0.3, -0.25) is 4.79 Å². The summed E-state index contributed by atoms with van der Waals surface area (Å²) in [5, 5.41) is 8.68. The van der Waals surface area contributed by atoms with E-state index in [4.69, 9.17) is 5.11 Å². The standard InChI is InChI=1S/C11H17NO3/c1-2-8-12(10(13)11(14)15)9-6-4-3-5-7-9/h2,9H,1,3-8H2,(H,14,15). The van der Waals surface area contributed by atoms with Crippen LogP contribution in [0.4, 0.5) is 0 Å². The van der Waals surface area contributed by atoms with Gasteiger partial charge in [0, 0.05) is 12.6 Å². The smallest absolute Gasteiger partial charge is 0.394 e. The van der Waals surface area contributed by atoms with E-state index in [1.807, 2.05) is 0 Å². The van der Waals surface area contributed by atoms with Crippen molar-refractivity contribution in [1.29, 1.82) is 0 Å². The van der Waals surface area contributed by atoms with E-state index in [1.54, 1.807) is 6.08 Å². The molecule has 1 amide bonds. The number of amides is 1. The largest absolute Gasteiger partial charge is 0.474 e. The Labute approximate surface area is 89.6 Å². The Kier molecular flexibility index (Phi) is 4.34. The lowest BCUT2D eigenvalue weighted by Gasteiger charge is -2.32. The topological polar surface area (TPSA) is 57.6 Å². The Bertz CT molecular complexity index is 257. The quantitative estimate of drug-likeness (QED) is 0.567. The molecule has 0 atom stereocenters. The zero-order chi connectivity index (χ0) is 11.3. The Hall–Kier alpha value is -1.32. The second kappa shape index (κ2) is 5.53. The summed E-state index contributed by atoms with van der Waals surface area (Å²) < 4.78 is 0. The molecular weight excluding hydrogens is 194 g/mol. The summed E-state index contributed by atoms with van der Waals surface area (Å²) in [5.74, 6) is -2.18. The molecular formula is C11H17NO3. The summed E-state index contributed by atoms with van der Waals surface area (Å²) in [4.78, 5) is 23.5. The minimum Gasteiger partial charge on any atom is -0.474 e. The van der Waals surface area contributed by atoms with Crippen LogP contribution in [0.25, 0.3) is 0 Å². The van der Waals surface area contributed by atoms with E-state index < -0.39 is 11.9 Å². The lowest BCUT2D eigenvalue weighted by atomic mass is 9.94. The summed E-state index contributed by atoms with van der Waals surface area (Å²) in [6, 6.07) is 0.0837. The Morgan fingerprint density at radius 3 is 2.40 bits per heavy atom. The van der Waals surface area contributed by atoms with E-state index in [1.165, 1.54) is 11.3 Å². The number of hydrogen-bond acceptors (Lipinski definition) is 2. The first kappa shape index (κ1) is 11.8. The van der Waals surface area contributed by atoms with Crippen LogP contribution in [0.1, 0.15) is 32.1 Å². The van der Waals surface area contributed by atoms with Gasteiger partial charge in [0.25, 0.3) is 0 Å². The molecule has 0 saturated heterocycles. The van der Waals surface area contributed by atoms with Crippen molar-refractivity contribution in [2.75, 3.05) is 6.54 Å². The fraction of sp³-hybridized carbons (Fsp3) is 0.636. The summed E-state index contributed by atoms with van der Waals surface area (Å²) in [7, 11) is 0. The van der Waals surface area contributed by atoms with Crippen molar-refractivity contribution in [3.63, 3.8) is 0 Å². The van der Waals surface area contributed by atoms with Crippen molar-refractivity contribution in [1.82, 2.24) is 4.90 Å². The van der Waals surface area contributed by atoms with Gasteiger partial charge in [0.1, 0.15) is 0 Å². The maximum atomic E-state index is 11.4. The monoisotopic (exact) mass is 211 g/mol. The number of carbonyl (C=O) groups excluding carboxylic acids is 1. The number of hydrogen-bond donors (Lipinski definition) is 1. The second-order valence-electron chi connectivity index (χ2n) is 3.84. The van der Waals surface area contributed by atoms with Gasteiger partial charge in [0.2, 0.25) is 0 Å². The summed E-state index contributed by atoms with van der Waals surface area (Å²) in [6.45, 7) is 3.88. The van der Waals surface area contributed by atoms with Crippen LogP contribution < -0.4 is 0 Å². The van der Waals surface area contributed by atoms with Crippen molar-refractivity contribution >= 4 is 11.9 Å². The number of nitrogens with zero attached hydrogens (tertiary/aromatic N) is 1. The fourth-order valence-corrected chi connectivity index (χ4v) is 2.05. The lowest BCUT2D eigenvalue weighted by Crippen LogP contribution is -2.44. The van der Waals surface area contributed by atoms with Crippen LogP contribution in [0.3, 0.4) is 0 Å². The highest BCUT2D eigenvalue weighted by molar-refractivity contribution is 6.31. The van der Waals surface area contributed by atoms with Gasteiger partial charge < -0.3 is 10.0 Å². The first-order chi connectivity index (χ1) is 7.16. The molecule has 1 rings (SSSR count). The first-order valence-electron chi connectivity index (χ1n) is 5.31. The minimum atomic E-state index is -1.37. The van der Waals surface area contributed by atoms with Gasteiger partial charge >= 0.3 is 11.9 Å². The zero-order valence-corrected chi connectivity index (χ0v) is 8.82. The molecule has 0 bridgehead atoms. The Balaban J connectivity index is 2.66. The van der Waals surface area contributed by atoms with Crippen molar-refractivity contribution in [2.24, 2.45) is 0 Å². The molecule has 1 N–H and O–H groups in total. The van der Waals surface area contributed by atoms with Crippen LogP contribution in [-0.2, 0) is 9.59 Å². The number of carboxylic acid groups (broad SMARTS) is 1. The molecule has 0 unspecified atom stereocenters. The zero-order valence-electron chi connectivity index (χ0n) is 8.82. The molecule has 0 spiro atoms. The van der Waals surface area contributed by atoms with Gasteiger partial charge in [-0.05, 0) is 12.8 Å². The maximum absolute atomic E-state index is 11.4. The lowest BCUT2D eigenvalue weighted by molar-refractivity contribution is -0.157. The van der Waals surface area contributed by atoms with Gasteiger partial charge in [0.05, 0.1) is 0 Å². The highest BCUT2D eigenvalue weighted by atomic mass is 16.4. The van der Waals surface area contributed by atoms with Crippen molar-refractivity contribution in [3.05, 3.63) is 12.7 Å². The molecule has 4 nitrogen and oxygen atoms in total. The van der Waals surface area contributed by atoms with Gasteiger partial charge in [-0.2, -0.15) is 0 Å². The van der Waals surface area contributed by atoms with Gasteiger partial charge in [0.15, 0.2) is 0 Å². The fourth-order valence-electron chi connectivity index (χ4n) is 2.05. The summed E-state index contributed by atoms with van der Waals surface area (Å²) >= 11 is 0. The normalized spacial score (nSPS) is 17.1. The van der Waals surface area contributed by atoms with E-state index in [0.29, 0.717) is 6.54 Å². The molecule has 15 heavy (non-hydrogen) atoms. The van der Waals surface area contributed by atoms with Gasteiger partial charge in [-0.1, -0.05) is 25.3 Å². The number of aliphatic carboxylic acids is 1. The predicted octanol–water partition coefficient (Wildman–Crippen LogP) is 1.42. The Morgan fingerprint density at radius 1 is 1.33 bits per heavy atom. The van der Waals surface area contributed by atoms with Crippen LogP contribution in [0, 0.1) is 0 Å². The minimum absolute atomic E-state index is 0.0837. The highest BCUT2D eigenvalue weighted by Crippen LogP contribution is 2.22. The van der Waals surface area contributed by atoms with E-state index >= 15 is 0 Å². The molecule has 84 valence electrons. The van der Waals surface area contributed by atoms with Crippen LogP contribution in [0.5, 0.6) is 0 Å². The van der Waals surface area contributed by atoms with Crippen molar-refractivity contribution < 1.29 is 14.7 Å². The van der Waals surface area contributed by atoms with Gasteiger partial charge in [-0.25, -0.2) is 4.79 Å². The first-order valence-corrected chi connectivity index (χ1v) is 5.31. The van der Waals surface area contributed by atoms with E-state index in [-0.39, 0.29) is 6.04 Å². The van der Waals surface area contributed by atoms with Crippen LogP contribution >= 0.6 is 0 Å². The molecule has 0 aliphatic heterocycles. The third kappa shape index (κ3) is 3.08. The third-order valence-electron chi connectivity index (χ3n) is 2.79. The number of carboxylic acids is 1. The molecule has 0 aromatic heterocycles. The van der Waals surface area contributed by atoms with Gasteiger partial charge in [-0.15, -0.1) is 6.58 Å². The average Bonchev–Trinajstić information content (AvgIpc) is 2.26. The highest BCUT2D eigenvalue weighted by Gasteiger charge is 2.28. The van der Waals surface area contributed by atoms with Crippen molar-refractivity contribution in [3.8, 4) is 0 Å². The molecule has 0 heterocycles. The molecule has 4 heteroatoms. The van der Waals surface area contributed by atoms with Crippen LogP contribution in [-0.4, -0.2) is 34.5 Å². The average molecular weight is 211 g/mol. The molecule has 0 aromatic carbocycles. The van der Waals surface area contributed by atoms with Crippen molar-refractivity contribution in [2.45, 2.75) is 38.1 Å². The van der Waals surface area contributed by atoms with E-state index in [0.717, 1.165) is 25.7 Å². The second-order valence-corrected chi connectivity index (χ2v) is 3.84. The number of rotatable bonds is 3. The summed E-state index contributed by atoms with van der Waals surface area (Å²) in [5.41, 5.74) is 0. The van der Waals surface area contributed by atoms with E-state index in [9.17, 15) is 9.59 Å².